The number of rotatable bonds is 4. The van der Waals surface area contributed by atoms with Gasteiger partial charge in [-0.1, -0.05) is 26.2 Å². The molecule has 0 atom stereocenters. The van der Waals surface area contributed by atoms with Gasteiger partial charge in [0.1, 0.15) is 0 Å². The van der Waals surface area contributed by atoms with Crippen molar-refractivity contribution in [1.29, 1.82) is 0 Å². The molecule has 2 rings (SSSR count). The molecule has 0 aliphatic heterocycles. The van der Waals surface area contributed by atoms with Gasteiger partial charge in [-0.3, -0.25) is 9.48 Å². The number of hydrogen-bond acceptors (Lipinski definition) is 2. The lowest BCUT2D eigenvalue weighted by molar-refractivity contribution is 0.0988. The van der Waals surface area contributed by atoms with Crippen LogP contribution in [0.2, 0.25) is 0 Å². The standard InChI is InChI=1S/C13H20N2O/c1-2-13(16)12-8-14-15(10-12)9-11-6-4-3-5-7-11/h8,10-11H,2-7,9H2,1H3. The fraction of sp³-hybridized carbons (Fsp3) is 0.692. The quantitative estimate of drug-likeness (QED) is 0.731. The smallest absolute Gasteiger partial charge is 0.165 e. The van der Waals surface area contributed by atoms with Crippen LogP contribution in [0.15, 0.2) is 12.4 Å². The summed E-state index contributed by atoms with van der Waals surface area (Å²) in [5.74, 6) is 0.952. The molecule has 0 bridgehead atoms. The third-order valence-electron chi connectivity index (χ3n) is 3.45. The van der Waals surface area contributed by atoms with Crippen LogP contribution in [0.1, 0.15) is 55.8 Å². The lowest BCUT2D eigenvalue weighted by atomic mass is 9.89. The summed E-state index contributed by atoms with van der Waals surface area (Å²) < 4.78 is 1.94. The van der Waals surface area contributed by atoms with Crippen molar-refractivity contribution in [3.8, 4) is 0 Å². The third kappa shape index (κ3) is 2.71. The van der Waals surface area contributed by atoms with Gasteiger partial charge in [0.2, 0.25) is 0 Å². The summed E-state index contributed by atoms with van der Waals surface area (Å²) in [6, 6.07) is 0. The molecule has 0 aromatic carbocycles. The molecule has 1 fully saturated rings. The Labute approximate surface area is 96.8 Å². The summed E-state index contributed by atoms with van der Waals surface area (Å²) in [6.07, 6.45) is 10.9. The molecule has 1 aromatic rings. The molecule has 0 unspecified atom stereocenters. The van der Waals surface area contributed by atoms with E-state index in [1.807, 2.05) is 17.8 Å². The van der Waals surface area contributed by atoms with Crippen LogP contribution in [-0.4, -0.2) is 15.6 Å². The van der Waals surface area contributed by atoms with Crippen molar-refractivity contribution >= 4 is 5.78 Å². The van der Waals surface area contributed by atoms with Crippen molar-refractivity contribution in [3.05, 3.63) is 18.0 Å². The number of hydrogen-bond donors (Lipinski definition) is 0. The van der Waals surface area contributed by atoms with Crippen LogP contribution in [0.3, 0.4) is 0 Å². The third-order valence-corrected chi connectivity index (χ3v) is 3.45. The fourth-order valence-electron chi connectivity index (χ4n) is 2.45. The lowest BCUT2D eigenvalue weighted by Crippen LogP contribution is -2.14. The molecule has 1 aromatic heterocycles. The van der Waals surface area contributed by atoms with Crippen LogP contribution >= 0.6 is 0 Å². The lowest BCUT2D eigenvalue weighted by Gasteiger charge is -2.21. The second kappa shape index (κ2) is 5.28. The van der Waals surface area contributed by atoms with Gasteiger partial charge in [0.25, 0.3) is 0 Å². The predicted molar refractivity (Wildman–Crippen MR) is 63.4 cm³/mol. The Morgan fingerprint density at radius 1 is 1.44 bits per heavy atom. The molecule has 88 valence electrons. The van der Waals surface area contributed by atoms with Crippen molar-refractivity contribution in [2.45, 2.75) is 52.0 Å². The minimum absolute atomic E-state index is 0.190. The Morgan fingerprint density at radius 3 is 2.88 bits per heavy atom. The van der Waals surface area contributed by atoms with E-state index in [0.29, 0.717) is 6.42 Å². The molecule has 16 heavy (non-hydrogen) atoms. The normalized spacial score (nSPS) is 17.6. The van der Waals surface area contributed by atoms with Crippen LogP contribution in [0, 0.1) is 5.92 Å². The molecule has 3 heteroatoms. The molecule has 0 saturated heterocycles. The molecule has 1 aliphatic carbocycles. The molecule has 1 aliphatic rings. The first kappa shape index (κ1) is 11.4. The van der Waals surface area contributed by atoms with Gasteiger partial charge in [-0.25, -0.2) is 0 Å². The first-order chi connectivity index (χ1) is 7.79. The van der Waals surface area contributed by atoms with Gasteiger partial charge >= 0.3 is 0 Å². The minimum Gasteiger partial charge on any atom is -0.294 e. The number of Topliss-reactive ketones (excluding diaryl/α,β-unsaturated/α-hetero) is 1. The molecule has 0 radical (unpaired) electrons. The number of aromatic nitrogens is 2. The first-order valence-corrected chi connectivity index (χ1v) is 6.35. The zero-order valence-electron chi connectivity index (χ0n) is 9.98. The minimum atomic E-state index is 0.190. The van der Waals surface area contributed by atoms with Crippen LogP contribution in [0.4, 0.5) is 0 Å². The molecule has 1 heterocycles. The van der Waals surface area contributed by atoms with Crippen molar-refractivity contribution in [3.63, 3.8) is 0 Å². The predicted octanol–water partition coefficient (Wildman–Crippen LogP) is 3.06. The first-order valence-electron chi connectivity index (χ1n) is 6.35. The number of carbonyl (C=O) groups excluding carboxylic acids is 1. The fourth-order valence-corrected chi connectivity index (χ4v) is 2.45. The monoisotopic (exact) mass is 220 g/mol. The number of nitrogens with zero attached hydrogens (tertiary/aromatic N) is 2. The van der Waals surface area contributed by atoms with E-state index in [-0.39, 0.29) is 5.78 Å². The second-order valence-corrected chi connectivity index (χ2v) is 4.73. The maximum atomic E-state index is 11.5. The zero-order chi connectivity index (χ0) is 11.4. The van der Waals surface area contributed by atoms with Crippen molar-refractivity contribution in [2.24, 2.45) is 5.92 Å². The molecular formula is C13H20N2O. The van der Waals surface area contributed by atoms with Gasteiger partial charge in [-0.15, -0.1) is 0 Å². The highest BCUT2D eigenvalue weighted by molar-refractivity contribution is 5.95. The van der Waals surface area contributed by atoms with Crippen LogP contribution in [-0.2, 0) is 6.54 Å². The van der Waals surface area contributed by atoms with Crippen molar-refractivity contribution in [2.75, 3.05) is 0 Å². The van der Waals surface area contributed by atoms with Crippen LogP contribution < -0.4 is 0 Å². The van der Waals surface area contributed by atoms with Gasteiger partial charge in [0, 0.05) is 19.2 Å². The van der Waals surface area contributed by atoms with E-state index in [2.05, 4.69) is 5.10 Å². The summed E-state index contributed by atoms with van der Waals surface area (Å²) >= 11 is 0. The van der Waals surface area contributed by atoms with Gasteiger partial charge in [0.15, 0.2) is 5.78 Å². The highest BCUT2D eigenvalue weighted by atomic mass is 16.1. The van der Waals surface area contributed by atoms with Crippen LogP contribution in [0.25, 0.3) is 0 Å². The van der Waals surface area contributed by atoms with Gasteiger partial charge < -0.3 is 0 Å². The summed E-state index contributed by atoms with van der Waals surface area (Å²) in [7, 11) is 0. The van der Waals surface area contributed by atoms with E-state index in [1.54, 1.807) is 6.20 Å². The topological polar surface area (TPSA) is 34.9 Å². The van der Waals surface area contributed by atoms with E-state index in [9.17, 15) is 4.79 Å². The second-order valence-electron chi connectivity index (χ2n) is 4.73. The van der Waals surface area contributed by atoms with E-state index in [4.69, 9.17) is 0 Å². The number of carbonyl (C=O) groups is 1. The summed E-state index contributed by atoms with van der Waals surface area (Å²) in [6.45, 7) is 2.87. The average Bonchev–Trinajstić information content (AvgIpc) is 2.78. The summed E-state index contributed by atoms with van der Waals surface area (Å²) in [5.41, 5.74) is 0.762. The van der Waals surface area contributed by atoms with Crippen molar-refractivity contribution in [1.82, 2.24) is 9.78 Å². The van der Waals surface area contributed by atoms with Crippen molar-refractivity contribution < 1.29 is 4.79 Å². The van der Waals surface area contributed by atoms with E-state index >= 15 is 0 Å². The molecule has 0 N–H and O–H groups in total. The molecular weight excluding hydrogens is 200 g/mol. The maximum Gasteiger partial charge on any atom is 0.165 e. The maximum absolute atomic E-state index is 11.5. The van der Waals surface area contributed by atoms with Gasteiger partial charge in [-0.2, -0.15) is 5.10 Å². The zero-order valence-corrected chi connectivity index (χ0v) is 9.98. The average molecular weight is 220 g/mol. The van der Waals surface area contributed by atoms with E-state index in [0.717, 1.165) is 18.0 Å². The van der Waals surface area contributed by atoms with Gasteiger partial charge in [0.05, 0.1) is 11.8 Å². The molecule has 3 nitrogen and oxygen atoms in total. The Balaban J connectivity index is 1.94. The van der Waals surface area contributed by atoms with Crippen LogP contribution in [0.5, 0.6) is 0 Å². The van der Waals surface area contributed by atoms with E-state index in [1.165, 1.54) is 32.1 Å². The molecule has 0 spiro atoms. The summed E-state index contributed by atoms with van der Waals surface area (Å²) in [4.78, 5) is 11.5. The SMILES string of the molecule is CCC(=O)c1cnn(CC2CCCCC2)c1. The largest absolute Gasteiger partial charge is 0.294 e. The Kier molecular flexibility index (Phi) is 3.75. The Hall–Kier alpha value is -1.12. The molecule has 0 amide bonds. The number of ketones is 1. The Bertz CT molecular complexity index is 351. The van der Waals surface area contributed by atoms with E-state index < -0.39 is 0 Å². The Morgan fingerprint density at radius 2 is 2.19 bits per heavy atom. The van der Waals surface area contributed by atoms with Gasteiger partial charge in [-0.05, 0) is 18.8 Å². The molecule has 1 saturated carbocycles. The highest BCUT2D eigenvalue weighted by Crippen LogP contribution is 2.24. The highest BCUT2D eigenvalue weighted by Gasteiger charge is 2.15. The summed E-state index contributed by atoms with van der Waals surface area (Å²) in [5, 5.41) is 4.28.